The van der Waals surface area contributed by atoms with Crippen molar-refractivity contribution in [1.29, 1.82) is 0 Å². The standard InChI is InChI=1S/C18H14ClF3N4OS/c1-11(24-25-16(27)12-5-3-2-4-6-12)17-26(7-8-28-17)15-9-13(18(20,21)22)14(19)10-23-15/h2-10,17H,1H3,(H,25,27)/b24-11+. The van der Waals surface area contributed by atoms with Gasteiger partial charge in [-0.25, -0.2) is 10.4 Å². The van der Waals surface area contributed by atoms with Gasteiger partial charge in [0.1, 0.15) is 11.2 Å². The zero-order valence-electron chi connectivity index (χ0n) is 14.4. The third-order valence-electron chi connectivity index (χ3n) is 3.82. The molecule has 0 bridgehead atoms. The van der Waals surface area contributed by atoms with Gasteiger partial charge in [0.05, 0.1) is 16.3 Å². The van der Waals surface area contributed by atoms with Gasteiger partial charge in [-0.15, -0.1) is 11.8 Å². The number of hydrazone groups is 1. The Kier molecular flexibility index (Phi) is 5.95. The second kappa shape index (κ2) is 8.24. The Morgan fingerprint density at radius 3 is 2.71 bits per heavy atom. The number of carbonyl (C=O) groups is 1. The molecule has 2 aromatic rings. The SMILES string of the molecule is C/C(=N\NC(=O)c1ccccc1)C1SC=CN1c1cc(C(F)(F)F)c(Cl)cn1. The van der Waals surface area contributed by atoms with E-state index >= 15 is 0 Å². The van der Waals surface area contributed by atoms with Crippen LogP contribution in [0.15, 0.2) is 59.3 Å². The van der Waals surface area contributed by atoms with Crippen molar-refractivity contribution in [1.82, 2.24) is 10.4 Å². The van der Waals surface area contributed by atoms with Gasteiger partial charge in [0.15, 0.2) is 0 Å². The minimum atomic E-state index is -4.59. The number of nitrogens with zero attached hydrogens (tertiary/aromatic N) is 3. The molecule has 1 unspecified atom stereocenters. The molecular formula is C18H14ClF3N4OS. The van der Waals surface area contributed by atoms with Gasteiger partial charge in [-0.1, -0.05) is 29.8 Å². The lowest BCUT2D eigenvalue weighted by Gasteiger charge is -2.24. The maximum atomic E-state index is 13.1. The third kappa shape index (κ3) is 4.48. The first-order chi connectivity index (χ1) is 13.3. The Bertz CT molecular complexity index is 934. The molecule has 1 aliphatic heterocycles. The molecule has 10 heteroatoms. The van der Waals surface area contributed by atoms with Crippen molar-refractivity contribution in [3.63, 3.8) is 0 Å². The quantitative estimate of drug-likeness (QED) is 0.557. The van der Waals surface area contributed by atoms with E-state index in [1.807, 2.05) is 0 Å². The number of hydrogen-bond donors (Lipinski definition) is 1. The molecule has 2 heterocycles. The first-order valence-corrected chi connectivity index (χ1v) is 9.32. The van der Waals surface area contributed by atoms with E-state index in [0.29, 0.717) is 11.3 Å². The van der Waals surface area contributed by atoms with Crippen LogP contribution >= 0.6 is 23.4 Å². The van der Waals surface area contributed by atoms with E-state index in [4.69, 9.17) is 11.6 Å². The van der Waals surface area contributed by atoms with E-state index in [1.54, 1.807) is 48.9 Å². The number of hydrogen-bond acceptors (Lipinski definition) is 5. The van der Waals surface area contributed by atoms with Gasteiger partial charge < -0.3 is 4.90 Å². The Balaban J connectivity index is 1.79. The summed E-state index contributed by atoms with van der Waals surface area (Å²) in [5.74, 6) is -0.307. The highest BCUT2D eigenvalue weighted by Crippen LogP contribution is 2.38. The van der Waals surface area contributed by atoms with Crippen LogP contribution in [0.4, 0.5) is 19.0 Å². The van der Waals surface area contributed by atoms with E-state index < -0.39 is 22.1 Å². The Morgan fingerprint density at radius 2 is 2.04 bits per heavy atom. The number of aromatic nitrogens is 1. The lowest BCUT2D eigenvalue weighted by Crippen LogP contribution is -2.33. The molecule has 1 amide bonds. The van der Waals surface area contributed by atoms with Crippen molar-refractivity contribution in [3.05, 3.63) is 70.4 Å². The lowest BCUT2D eigenvalue weighted by molar-refractivity contribution is -0.137. The number of anilines is 1. The number of benzene rings is 1. The number of alkyl halides is 3. The van der Waals surface area contributed by atoms with Crippen LogP contribution in [0, 0.1) is 0 Å². The van der Waals surface area contributed by atoms with Crippen molar-refractivity contribution in [2.45, 2.75) is 18.5 Å². The van der Waals surface area contributed by atoms with Gasteiger partial charge in [-0.3, -0.25) is 4.79 Å². The number of nitrogens with one attached hydrogen (secondary N) is 1. The molecule has 0 spiro atoms. The predicted octanol–water partition coefficient (Wildman–Crippen LogP) is 4.91. The minimum absolute atomic E-state index is 0.0758. The van der Waals surface area contributed by atoms with Gasteiger partial charge in [0, 0.05) is 18.0 Å². The molecule has 1 aromatic heterocycles. The molecule has 146 valence electrons. The highest BCUT2D eigenvalue weighted by Gasteiger charge is 2.35. The van der Waals surface area contributed by atoms with Gasteiger partial charge in [0.25, 0.3) is 5.91 Å². The average Bonchev–Trinajstić information content (AvgIpc) is 3.16. The lowest BCUT2D eigenvalue weighted by atomic mass is 10.2. The van der Waals surface area contributed by atoms with Crippen LogP contribution in [0.3, 0.4) is 0 Å². The number of rotatable bonds is 4. The molecule has 1 aromatic carbocycles. The molecule has 0 saturated heterocycles. The highest BCUT2D eigenvalue weighted by atomic mass is 35.5. The van der Waals surface area contributed by atoms with Gasteiger partial charge in [-0.2, -0.15) is 18.3 Å². The van der Waals surface area contributed by atoms with Crippen LogP contribution in [-0.4, -0.2) is 22.0 Å². The summed E-state index contributed by atoms with van der Waals surface area (Å²) < 4.78 is 39.4. The zero-order valence-corrected chi connectivity index (χ0v) is 16.0. The highest BCUT2D eigenvalue weighted by molar-refractivity contribution is 8.03. The number of amides is 1. The van der Waals surface area contributed by atoms with Crippen molar-refractivity contribution in [2.24, 2.45) is 5.10 Å². The number of thioether (sulfide) groups is 1. The predicted molar refractivity (Wildman–Crippen MR) is 104 cm³/mol. The summed E-state index contributed by atoms with van der Waals surface area (Å²) in [4.78, 5) is 17.6. The maximum Gasteiger partial charge on any atom is 0.418 e. The molecule has 0 aliphatic carbocycles. The van der Waals surface area contributed by atoms with E-state index in [2.05, 4.69) is 15.5 Å². The summed E-state index contributed by atoms with van der Waals surface area (Å²) in [6.45, 7) is 1.67. The molecule has 28 heavy (non-hydrogen) atoms. The second-order valence-electron chi connectivity index (χ2n) is 5.76. The zero-order chi connectivity index (χ0) is 20.3. The molecule has 0 radical (unpaired) electrons. The fourth-order valence-corrected chi connectivity index (χ4v) is 3.57. The van der Waals surface area contributed by atoms with E-state index in [-0.39, 0.29) is 11.7 Å². The van der Waals surface area contributed by atoms with Crippen molar-refractivity contribution in [3.8, 4) is 0 Å². The van der Waals surface area contributed by atoms with Crippen LogP contribution in [-0.2, 0) is 6.18 Å². The summed E-state index contributed by atoms with van der Waals surface area (Å²) in [5.41, 5.74) is 2.43. The number of pyridine rings is 1. The van der Waals surface area contributed by atoms with Gasteiger partial charge in [-0.05, 0) is 30.5 Å². The first-order valence-electron chi connectivity index (χ1n) is 8.00. The second-order valence-corrected chi connectivity index (χ2v) is 7.16. The minimum Gasteiger partial charge on any atom is -0.314 e. The molecule has 1 aliphatic rings. The third-order valence-corrected chi connectivity index (χ3v) is 5.23. The molecule has 0 saturated carbocycles. The summed E-state index contributed by atoms with van der Waals surface area (Å²) in [7, 11) is 0. The van der Waals surface area contributed by atoms with E-state index in [9.17, 15) is 18.0 Å². The van der Waals surface area contributed by atoms with Crippen LogP contribution in [0.2, 0.25) is 5.02 Å². The fourth-order valence-electron chi connectivity index (χ4n) is 2.45. The average molecular weight is 427 g/mol. The van der Waals surface area contributed by atoms with Gasteiger partial charge >= 0.3 is 6.18 Å². The largest absolute Gasteiger partial charge is 0.418 e. The maximum absolute atomic E-state index is 13.1. The van der Waals surface area contributed by atoms with Gasteiger partial charge in [0.2, 0.25) is 0 Å². The Hall–Kier alpha value is -2.52. The molecule has 3 rings (SSSR count). The molecular weight excluding hydrogens is 413 g/mol. The smallest absolute Gasteiger partial charge is 0.314 e. The number of carbonyl (C=O) groups excluding carboxylic acids is 1. The van der Waals surface area contributed by atoms with Crippen molar-refractivity contribution < 1.29 is 18.0 Å². The number of halogens is 4. The molecule has 1 N–H and O–H groups in total. The first kappa shape index (κ1) is 20.2. The molecule has 0 fully saturated rings. The summed E-state index contributed by atoms with van der Waals surface area (Å²) in [6.07, 6.45) is -2.02. The summed E-state index contributed by atoms with van der Waals surface area (Å²) in [5, 5.41) is 4.88. The van der Waals surface area contributed by atoms with Crippen LogP contribution in [0.5, 0.6) is 0 Å². The van der Waals surface area contributed by atoms with Crippen LogP contribution in [0.25, 0.3) is 0 Å². The summed E-state index contributed by atoms with van der Waals surface area (Å²) >= 11 is 6.96. The van der Waals surface area contributed by atoms with Crippen LogP contribution in [0.1, 0.15) is 22.8 Å². The molecule has 5 nitrogen and oxygen atoms in total. The monoisotopic (exact) mass is 426 g/mol. The Morgan fingerprint density at radius 1 is 1.32 bits per heavy atom. The van der Waals surface area contributed by atoms with E-state index in [1.165, 1.54) is 16.7 Å². The molecule has 1 atom stereocenters. The topological polar surface area (TPSA) is 57.6 Å². The fraction of sp³-hybridized carbons (Fsp3) is 0.167. The van der Waals surface area contributed by atoms with Crippen LogP contribution < -0.4 is 10.3 Å². The van der Waals surface area contributed by atoms with E-state index in [0.717, 1.165) is 12.3 Å². The normalized spacial score (nSPS) is 17.1. The van der Waals surface area contributed by atoms with Crippen molar-refractivity contribution >= 4 is 40.8 Å². The Labute approximate surface area is 168 Å². The van der Waals surface area contributed by atoms with Crippen molar-refractivity contribution in [2.75, 3.05) is 4.90 Å². The summed E-state index contributed by atoms with van der Waals surface area (Å²) in [6, 6.07) is 9.44.